The number of alkyl halides is 1. The quantitative estimate of drug-likeness (QED) is 0.719. The molecule has 0 saturated heterocycles. The normalized spacial score (nSPS) is 12.8. The highest BCUT2D eigenvalue weighted by atomic mass is 35.5. The Morgan fingerprint density at radius 2 is 2.25 bits per heavy atom. The fraction of sp³-hybridized carbons (Fsp3) is 0.533. The summed E-state index contributed by atoms with van der Waals surface area (Å²) in [4.78, 5) is 4.75. The van der Waals surface area contributed by atoms with E-state index < -0.39 is 0 Å². The molecular weight excluding hydrogens is 292 g/mol. The Labute approximate surface area is 129 Å². The average molecular weight is 313 g/mol. The fourth-order valence-corrected chi connectivity index (χ4v) is 3.22. The minimum absolute atomic E-state index is 0.415. The molecule has 0 aliphatic carbocycles. The van der Waals surface area contributed by atoms with Gasteiger partial charge in [-0.1, -0.05) is 6.07 Å². The smallest absolute Gasteiger partial charge is 0.146 e. The largest absolute Gasteiger partial charge is 0.494 e. The van der Waals surface area contributed by atoms with Crippen molar-refractivity contribution in [1.82, 2.24) is 9.55 Å². The van der Waals surface area contributed by atoms with Crippen LogP contribution in [0, 0.1) is 0 Å². The van der Waals surface area contributed by atoms with Gasteiger partial charge in [-0.25, -0.2) is 4.98 Å². The van der Waals surface area contributed by atoms with E-state index in [1.165, 1.54) is 0 Å². The molecule has 0 radical (unpaired) electrons. The Kier molecular flexibility index (Phi) is 5.61. The molecule has 0 aliphatic rings. The lowest BCUT2D eigenvalue weighted by atomic mass is 10.2. The fourth-order valence-electron chi connectivity index (χ4n) is 2.47. The molecule has 1 aromatic carbocycles. The van der Waals surface area contributed by atoms with E-state index in [0.717, 1.165) is 41.2 Å². The molecule has 110 valence electrons. The summed E-state index contributed by atoms with van der Waals surface area (Å²) >= 11 is 7.80. The Morgan fingerprint density at radius 1 is 1.45 bits per heavy atom. The van der Waals surface area contributed by atoms with Gasteiger partial charge in [-0.2, -0.15) is 11.8 Å². The van der Waals surface area contributed by atoms with Crippen LogP contribution in [0.2, 0.25) is 0 Å². The van der Waals surface area contributed by atoms with Gasteiger partial charge in [-0.15, -0.1) is 11.6 Å². The zero-order valence-electron chi connectivity index (χ0n) is 12.2. The number of nitrogens with zero attached hydrogens (tertiary/aromatic N) is 2. The lowest BCUT2D eigenvalue weighted by Gasteiger charge is -2.17. The predicted octanol–water partition coefficient (Wildman–Crippen LogP) is 4.14. The van der Waals surface area contributed by atoms with Crippen LogP contribution in [-0.2, 0) is 6.42 Å². The number of aryl methyl sites for hydroxylation is 1. The summed E-state index contributed by atoms with van der Waals surface area (Å²) in [5, 5.41) is 0. The van der Waals surface area contributed by atoms with E-state index >= 15 is 0 Å². The van der Waals surface area contributed by atoms with Gasteiger partial charge in [-0.05, 0) is 37.5 Å². The number of hydrogen-bond acceptors (Lipinski definition) is 3. The molecule has 2 aromatic rings. The van der Waals surface area contributed by atoms with Crippen molar-refractivity contribution >= 4 is 34.4 Å². The molecule has 2 rings (SSSR count). The highest BCUT2D eigenvalue weighted by Gasteiger charge is 2.17. The average Bonchev–Trinajstić information content (AvgIpc) is 2.83. The number of benzene rings is 1. The molecule has 0 saturated carbocycles. The lowest BCUT2D eigenvalue weighted by Crippen LogP contribution is -2.10. The Bertz CT molecular complexity index is 570. The van der Waals surface area contributed by atoms with E-state index in [9.17, 15) is 0 Å². The van der Waals surface area contributed by atoms with Crippen molar-refractivity contribution in [2.24, 2.45) is 0 Å². The van der Waals surface area contributed by atoms with Crippen LogP contribution in [-0.4, -0.2) is 34.5 Å². The number of aromatic nitrogens is 2. The minimum atomic E-state index is 0.415. The third-order valence-electron chi connectivity index (χ3n) is 3.47. The molecule has 1 heterocycles. The van der Waals surface area contributed by atoms with Crippen molar-refractivity contribution < 1.29 is 4.74 Å². The number of hydrogen-bond donors (Lipinski definition) is 0. The molecule has 1 aromatic heterocycles. The third-order valence-corrected chi connectivity index (χ3v) is 4.31. The van der Waals surface area contributed by atoms with Gasteiger partial charge in [0.25, 0.3) is 0 Å². The second kappa shape index (κ2) is 7.23. The van der Waals surface area contributed by atoms with E-state index in [1.807, 2.05) is 23.9 Å². The van der Waals surface area contributed by atoms with Crippen LogP contribution in [0.25, 0.3) is 11.0 Å². The first-order valence-corrected chi connectivity index (χ1v) is 8.74. The van der Waals surface area contributed by atoms with Gasteiger partial charge >= 0.3 is 0 Å². The summed E-state index contributed by atoms with van der Waals surface area (Å²) in [5.74, 6) is 3.61. The molecule has 0 amide bonds. The summed E-state index contributed by atoms with van der Waals surface area (Å²) < 4.78 is 7.74. The van der Waals surface area contributed by atoms with Crippen LogP contribution in [0.1, 0.15) is 25.2 Å². The second-order valence-electron chi connectivity index (χ2n) is 4.80. The van der Waals surface area contributed by atoms with E-state index in [1.54, 1.807) is 7.11 Å². The molecule has 3 nitrogen and oxygen atoms in total. The summed E-state index contributed by atoms with van der Waals surface area (Å²) in [6.07, 6.45) is 4.05. The molecule has 0 spiro atoms. The van der Waals surface area contributed by atoms with Crippen molar-refractivity contribution in [3.05, 3.63) is 24.0 Å². The van der Waals surface area contributed by atoms with Gasteiger partial charge in [0.05, 0.1) is 12.6 Å². The van der Waals surface area contributed by atoms with Crippen LogP contribution in [0.5, 0.6) is 5.75 Å². The van der Waals surface area contributed by atoms with Crippen molar-refractivity contribution in [2.45, 2.75) is 25.8 Å². The van der Waals surface area contributed by atoms with Gasteiger partial charge in [0.2, 0.25) is 0 Å². The molecule has 0 fully saturated rings. The molecule has 1 atom stereocenters. The van der Waals surface area contributed by atoms with E-state index in [2.05, 4.69) is 23.8 Å². The zero-order chi connectivity index (χ0) is 14.5. The summed E-state index contributed by atoms with van der Waals surface area (Å²) in [6.45, 7) is 2.24. The van der Waals surface area contributed by atoms with Crippen molar-refractivity contribution in [3.63, 3.8) is 0 Å². The minimum Gasteiger partial charge on any atom is -0.494 e. The highest BCUT2D eigenvalue weighted by molar-refractivity contribution is 7.98. The Balaban J connectivity index is 2.51. The van der Waals surface area contributed by atoms with Crippen LogP contribution in [0.15, 0.2) is 18.2 Å². The lowest BCUT2D eigenvalue weighted by molar-refractivity contribution is 0.419. The monoisotopic (exact) mass is 312 g/mol. The molecule has 0 bridgehead atoms. The first kappa shape index (κ1) is 15.5. The molecule has 0 N–H and O–H groups in total. The van der Waals surface area contributed by atoms with Gasteiger partial charge in [0.15, 0.2) is 0 Å². The van der Waals surface area contributed by atoms with Crippen LogP contribution < -0.4 is 4.74 Å². The first-order valence-electron chi connectivity index (χ1n) is 6.81. The van der Waals surface area contributed by atoms with Crippen LogP contribution in [0.4, 0.5) is 0 Å². The molecular formula is C15H21ClN2OS. The van der Waals surface area contributed by atoms with Gasteiger partial charge in [0, 0.05) is 18.3 Å². The van der Waals surface area contributed by atoms with Crippen LogP contribution in [0.3, 0.4) is 0 Å². The topological polar surface area (TPSA) is 27.1 Å². The molecule has 1 unspecified atom stereocenters. The third kappa shape index (κ3) is 3.07. The first-order chi connectivity index (χ1) is 9.72. The summed E-state index contributed by atoms with van der Waals surface area (Å²) in [7, 11) is 1.69. The number of imidazole rings is 1. The predicted molar refractivity (Wildman–Crippen MR) is 88.4 cm³/mol. The zero-order valence-corrected chi connectivity index (χ0v) is 13.8. The number of fused-ring (bicyclic) bond motifs is 1. The van der Waals surface area contributed by atoms with Crippen molar-refractivity contribution in [2.75, 3.05) is 25.0 Å². The van der Waals surface area contributed by atoms with Crippen molar-refractivity contribution in [3.8, 4) is 5.75 Å². The maximum Gasteiger partial charge on any atom is 0.146 e. The summed E-state index contributed by atoms with van der Waals surface area (Å²) in [5.41, 5.74) is 2.07. The van der Waals surface area contributed by atoms with Gasteiger partial charge in [0.1, 0.15) is 17.1 Å². The maximum atomic E-state index is 5.93. The summed E-state index contributed by atoms with van der Waals surface area (Å²) in [6, 6.07) is 6.50. The van der Waals surface area contributed by atoms with Gasteiger partial charge in [-0.3, -0.25) is 0 Å². The second-order valence-corrected chi connectivity index (χ2v) is 6.16. The van der Waals surface area contributed by atoms with Crippen LogP contribution >= 0.6 is 23.4 Å². The molecule has 5 heteroatoms. The standard InChI is InChI=1S/C15H21ClN2OS/c1-11(8-10-20-3)18-12-5-4-6-13(19-2)15(12)17-14(18)7-9-16/h4-6,11H,7-10H2,1-3H3. The van der Waals surface area contributed by atoms with Crippen molar-refractivity contribution in [1.29, 1.82) is 0 Å². The van der Waals surface area contributed by atoms with E-state index in [0.29, 0.717) is 11.9 Å². The molecule has 20 heavy (non-hydrogen) atoms. The maximum absolute atomic E-state index is 5.93. The number of ether oxygens (including phenoxy) is 1. The highest BCUT2D eigenvalue weighted by Crippen LogP contribution is 2.30. The number of para-hydroxylation sites is 1. The number of halogens is 1. The SMILES string of the molecule is COc1cccc2c1nc(CCCl)n2C(C)CCSC. The van der Waals surface area contributed by atoms with E-state index in [4.69, 9.17) is 21.3 Å². The van der Waals surface area contributed by atoms with Gasteiger partial charge < -0.3 is 9.30 Å². The van der Waals surface area contributed by atoms with E-state index in [-0.39, 0.29) is 0 Å². The Hall–Kier alpha value is -0.870. The number of thioether (sulfide) groups is 1. The Morgan fingerprint density at radius 3 is 2.90 bits per heavy atom. The molecule has 0 aliphatic heterocycles. The number of methoxy groups -OCH3 is 1. The number of rotatable bonds is 7.